The molecule has 1 aromatic heterocycles. The predicted octanol–water partition coefficient (Wildman–Crippen LogP) is 2.06. The molecule has 0 aliphatic carbocycles. The highest BCUT2D eigenvalue weighted by molar-refractivity contribution is 6.44. The van der Waals surface area contributed by atoms with Gasteiger partial charge in [0.05, 0.1) is 16.1 Å². The quantitative estimate of drug-likeness (QED) is 0.782. The van der Waals surface area contributed by atoms with Crippen molar-refractivity contribution in [3.05, 3.63) is 21.4 Å². The van der Waals surface area contributed by atoms with Crippen molar-refractivity contribution in [2.75, 3.05) is 13.1 Å². The average molecular weight is 294 g/mol. The van der Waals surface area contributed by atoms with Crippen molar-refractivity contribution in [3.63, 3.8) is 0 Å². The van der Waals surface area contributed by atoms with Crippen LogP contribution in [-0.4, -0.2) is 36.2 Å². The van der Waals surface area contributed by atoms with Crippen molar-refractivity contribution in [1.82, 2.24) is 15.6 Å². The number of aryl methyl sites for hydroxylation is 1. The maximum absolute atomic E-state index is 13.6. The van der Waals surface area contributed by atoms with E-state index in [-0.39, 0.29) is 17.3 Å². The molecule has 1 fully saturated rings. The van der Waals surface area contributed by atoms with Crippen LogP contribution in [0.15, 0.2) is 0 Å². The van der Waals surface area contributed by atoms with Gasteiger partial charge in [-0.2, -0.15) is 0 Å². The van der Waals surface area contributed by atoms with Crippen LogP contribution in [-0.2, 0) is 0 Å². The van der Waals surface area contributed by atoms with Crippen molar-refractivity contribution < 1.29 is 9.18 Å². The Hall–Kier alpha value is -0.780. The second-order valence-corrected chi connectivity index (χ2v) is 5.10. The standard InChI is InChI=1S/C11H14Cl2FN3O/c1-5-8(12)9(13)10(16-5)11(18)17-7-2-3-15-4-6(7)14/h6-7,15-16H,2-4H2,1H3,(H,17,18)/t6-,7+/m0/s1. The summed E-state index contributed by atoms with van der Waals surface area (Å²) in [6, 6.07) is -0.489. The molecule has 0 bridgehead atoms. The summed E-state index contributed by atoms with van der Waals surface area (Å²) in [7, 11) is 0. The van der Waals surface area contributed by atoms with Gasteiger partial charge in [0.15, 0.2) is 0 Å². The highest BCUT2D eigenvalue weighted by Crippen LogP contribution is 2.29. The summed E-state index contributed by atoms with van der Waals surface area (Å²) < 4.78 is 13.6. The third-order valence-electron chi connectivity index (χ3n) is 3.01. The van der Waals surface area contributed by atoms with Crippen LogP contribution < -0.4 is 10.6 Å². The fraction of sp³-hybridized carbons (Fsp3) is 0.545. The Bertz CT molecular complexity index is 463. The van der Waals surface area contributed by atoms with Crippen LogP contribution in [0.4, 0.5) is 4.39 Å². The van der Waals surface area contributed by atoms with Crippen LogP contribution in [0.3, 0.4) is 0 Å². The van der Waals surface area contributed by atoms with Crippen LogP contribution >= 0.6 is 23.2 Å². The van der Waals surface area contributed by atoms with Gasteiger partial charge in [0.25, 0.3) is 5.91 Å². The van der Waals surface area contributed by atoms with E-state index in [1.807, 2.05) is 0 Å². The summed E-state index contributed by atoms with van der Waals surface area (Å²) in [5.74, 6) is -0.426. The summed E-state index contributed by atoms with van der Waals surface area (Å²) in [5.41, 5.74) is 0.804. The van der Waals surface area contributed by atoms with E-state index in [0.717, 1.165) is 0 Å². The van der Waals surface area contributed by atoms with Gasteiger partial charge in [-0.25, -0.2) is 4.39 Å². The number of H-pyrrole nitrogens is 1. The number of hydrogen-bond donors (Lipinski definition) is 3. The van der Waals surface area contributed by atoms with Gasteiger partial charge in [0.1, 0.15) is 11.9 Å². The molecule has 7 heteroatoms. The van der Waals surface area contributed by atoms with Gasteiger partial charge >= 0.3 is 0 Å². The molecule has 0 radical (unpaired) electrons. The summed E-state index contributed by atoms with van der Waals surface area (Å²) in [4.78, 5) is 14.8. The Balaban J connectivity index is 2.09. The van der Waals surface area contributed by atoms with Crippen molar-refractivity contribution >= 4 is 29.1 Å². The first-order valence-corrected chi connectivity index (χ1v) is 6.45. The van der Waals surface area contributed by atoms with Gasteiger partial charge in [0.2, 0.25) is 0 Å². The first-order valence-electron chi connectivity index (χ1n) is 5.70. The normalized spacial score (nSPS) is 24.0. The number of halogens is 3. The van der Waals surface area contributed by atoms with E-state index in [0.29, 0.717) is 23.7 Å². The molecule has 2 heterocycles. The van der Waals surface area contributed by atoms with E-state index in [4.69, 9.17) is 23.2 Å². The number of alkyl halides is 1. The average Bonchev–Trinajstić information content (AvgIpc) is 2.60. The molecule has 1 saturated heterocycles. The Kier molecular flexibility index (Phi) is 4.14. The number of rotatable bonds is 2. The number of piperidine rings is 1. The molecule has 1 aliphatic rings. The van der Waals surface area contributed by atoms with Crippen molar-refractivity contribution in [2.24, 2.45) is 0 Å². The number of hydrogen-bond acceptors (Lipinski definition) is 2. The Morgan fingerprint density at radius 3 is 2.72 bits per heavy atom. The molecule has 18 heavy (non-hydrogen) atoms. The minimum atomic E-state index is -1.09. The lowest BCUT2D eigenvalue weighted by Gasteiger charge is -2.27. The van der Waals surface area contributed by atoms with E-state index < -0.39 is 18.1 Å². The van der Waals surface area contributed by atoms with Crippen molar-refractivity contribution in [3.8, 4) is 0 Å². The molecule has 100 valence electrons. The molecule has 4 nitrogen and oxygen atoms in total. The van der Waals surface area contributed by atoms with E-state index in [2.05, 4.69) is 15.6 Å². The lowest BCUT2D eigenvalue weighted by molar-refractivity contribution is 0.0888. The maximum Gasteiger partial charge on any atom is 0.269 e. The number of aromatic amines is 1. The largest absolute Gasteiger partial charge is 0.352 e. The second-order valence-electron chi connectivity index (χ2n) is 4.34. The van der Waals surface area contributed by atoms with Gasteiger partial charge in [-0.3, -0.25) is 4.79 Å². The van der Waals surface area contributed by atoms with Crippen LogP contribution in [0.5, 0.6) is 0 Å². The van der Waals surface area contributed by atoms with Crippen LogP contribution in [0.1, 0.15) is 22.6 Å². The monoisotopic (exact) mass is 293 g/mol. The fourth-order valence-electron chi connectivity index (χ4n) is 1.95. The molecule has 0 saturated carbocycles. The highest BCUT2D eigenvalue weighted by Gasteiger charge is 2.28. The molecule has 1 amide bonds. The zero-order chi connectivity index (χ0) is 13.3. The number of carbonyl (C=O) groups excluding carboxylic acids is 1. The molecular formula is C11H14Cl2FN3O. The third kappa shape index (κ3) is 2.63. The molecule has 3 N–H and O–H groups in total. The third-order valence-corrected chi connectivity index (χ3v) is 3.95. The molecule has 2 atom stereocenters. The molecular weight excluding hydrogens is 280 g/mol. The number of aromatic nitrogens is 1. The molecule has 0 aromatic carbocycles. The minimum Gasteiger partial charge on any atom is -0.352 e. The Morgan fingerprint density at radius 2 is 2.17 bits per heavy atom. The van der Waals surface area contributed by atoms with Crippen LogP contribution in [0.2, 0.25) is 10.0 Å². The summed E-state index contributed by atoms with van der Waals surface area (Å²) in [6.07, 6.45) is -0.536. The second kappa shape index (κ2) is 5.47. The lowest BCUT2D eigenvalue weighted by Crippen LogP contribution is -2.50. The first-order chi connectivity index (χ1) is 8.50. The zero-order valence-electron chi connectivity index (χ0n) is 9.82. The first kappa shape index (κ1) is 13.6. The summed E-state index contributed by atoms with van der Waals surface area (Å²) >= 11 is 11.8. The van der Waals surface area contributed by atoms with Gasteiger partial charge < -0.3 is 15.6 Å². The highest BCUT2D eigenvalue weighted by atomic mass is 35.5. The topological polar surface area (TPSA) is 56.9 Å². The zero-order valence-corrected chi connectivity index (χ0v) is 11.3. The molecule has 0 unspecified atom stereocenters. The summed E-state index contributed by atoms with van der Waals surface area (Å²) in [6.45, 7) is 2.65. The van der Waals surface area contributed by atoms with Gasteiger partial charge in [-0.15, -0.1) is 0 Å². The Morgan fingerprint density at radius 1 is 1.44 bits per heavy atom. The Labute approximate surface area is 114 Å². The van der Waals surface area contributed by atoms with Gasteiger partial charge in [0, 0.05) is 12.2 Å². The molecule has 0 spiro atoms. The maximum atomic E-state index is 13.6. The van der Waals surface area contributed by atoms with Crippen molar-refractivity contribution in [1.29, 1.82) is 0 Å². The van der Waals surface area contributed by atoms with Crippen LogP contribution in [0.25, 0.3) is 0 Å². The number of carbonyl (C=O) groups is 1. The lowest BCUT2D eigenvalue weighted by atomic mass is 10.0. The fourth-order valence-corrected chi connectivity index (χ4v) is 2.37. The number of amides is 1. The van der Waals surface area contributed by atoms with Crippen LogP contribution in [0, 0.1) is 6.92 Å². The SMILES string of the molecule is Cc1[nH]c(C(=O)N[C@@H]2CCNC[C@@H]2F)c(Cl)c1Cl. The van der Waals surface area contributed by atoms with Crippen molar-refractivity contribution in [2.45, 2.75) is 25.6 Å². The van der Waals surface area contributed by atoms with Gasteiger partial charge in [-0.1, -0.05) is 23.2 Å². The van der Waals surface area contributed by atoms with E-state index in [1.54, 1.807) is 6.92 Å². The van der Waals surface area contributed by atoms with E-state index in [9.17, 15) is 9.18 Å². The minimum absolute atomic E-state index is 0.177. The van der Waals surface area contributed by atoms with E-state index >= 15 is 0 Å². The summed E-state index contributed by atoms with van der Waals surface area (Å²) in [5, 5.41) is 6.06. The van der Waals surface area contributed by atoms with E-state index in [1.165, 1.54) is 0 Å². The predicted molar refractivity (Wildman–Crippen MR) is 69.2 cm³/mol. The molecule has 1 aromatic rings. The molecule has 2 rings (SSSR count). The molecule has 1 aliphatic heterocycles. The number of nitrogens with one attached hydrogen (secondary N) is 3. The van der Waals surface area contributed by atoms with Gasteiger partial charge in [-0.05, 0) is 19.9 Å². The smallest absolute Gasteiger partial charge is 0.269 e.